The van der Waals surface area contributed by atoms with Crippen molar-refractivity contribution in [3.63, 3.8) is 0 Å². The first kappa shape index (κ1) is 17.4. The highest BCUT2D eigenvalue weighted by molar-refractivity contribution is 6.03. The molecule has 0 bridgehead atoms. The Labute approximate surface area is 146 Å². The molecule has 2 N–H and O–H groups in total. The molecule has 132 valence electrons. The maximum atomic E-state index is 13.8. The maximum Gasteiger partial charge on any atom is 0.274 e. The van der Waals surface area contributed by atoms with E-state index in [1.165, 1.54) is 30.3 Å². The SMILES string of the molecule is Cc1nc(Nc2ccc(F)cc2F)cc(C(=O)Nc2ccccc2F)n1. The van der Waals surface area contributed by atoms with E-state index in [0.717, 1.165) is 12.1 Å². The van der Waals surface area contributed by atoms with E-state index in [1.807, 2.05) is 0 Å². The molecule has 3 aromatic rings. The number of nitrogens with zero attached hydrogens (tertiary/aromatic N) is 2. The van der Waals surface area contributed by atoms with Gasteiger partial charge in [0.2, 0.25) is 0 Å². The number of benzene rings is 2. The van der Waals surface area contributed by atoms with Crippen molar-refractivity contribution in [3.8, 4) is 0 Å². The van der Waals surface area contributed by atoms with Crippen molar-refractivity contribution < 1.29 is 18.0 Å². The quantitative estimate of drug-likeness (QED) is 0.734. The van der Waals surface area contributed by atoms with Crippen molar-refractivity contribution in [1.82, 2.24) is 9.97 Å². The minimum Gasteiger partial charge on any atom is -0.338 e. The van der Waals surface area contributed by atoms with Crippen LogP contribution in [0.4, 0.5) is 30.4 Å². The van der Waals surface area contributed by atoms with Gasteiger partial charge in [-0.2, -0.15) is 0 Å². The predicted octanol–water partition coefficient (Wildman–Crippen LogP) is 4.20. The number of carbonyl (C=O) groups is 1. The third-order valence-corrected chi connectivity index (χ3v) is 3.39. The van der Waals surface area contributed by atoms with Crippen molar-refractivity contribution in [1.29, 1.82) is 0 Å². The van der Waals surface area contributed by atoms with Crippen LogP contribution in [0, 0.1) is 24.4 Å². The monoisotopic (exact) mass is 358 g/mol. The Balaban J connectivity index is 1.85. The number of anilines is 3. The smallest absolute Gasteiger partial charge is 0.274 e. The summed E-state index contributed by atoms with van der Waals surface area (Å²) in [5.41, 5.74) is -0.0383. The fourth-order valence-corrected chi connectivity index (χ4v) is 2.23. The lowest BCUT2D eigenvalue weighted by Gasteiger charge is -2.10. The fraction of sp³-hybridized carbons (Fsp3) is 0.0556. The topological polar surface area (TPSA) is 66.9 Å². The van der Waals surface area contributed by atoms with Gasteiger partial charge >= 0.3 is 0 Å². The van der Waals surface area contributed by atoms with Crippen LogP contribution < -0.4 is 10.6 Å². The second-order valence-corrected chi connectivity index (χ2v) is 5.37. The van der Waals surface area contributed by atoms with Crippen molar-refractivity contribution in [2.45, 2.75) is 6.92 Å². The molecule has 0 fully saturated rings. The van der Waals surface area contributed by atoms with Crippen molar-refractivity contribution >= 4 is 23.1 Å². The van der Waals surface area contributed by atoms with E-state index < -0.39 is 23.4 Å². The summed E-state index contributed by atoms with van der Waals surface area (Å²) in [6.45, 7) is 1.55. The van der Waals surface area contributed by atoms with Gasteiger partial charge in [0.15, 0.2) is 0 Å². The van der Waals surface area contributed by atoms with Gasteiger partial charge in [-0.25, -0.2) is 23.1 Å². The van der Waals surface area contributed by atoms with Crippen LogP contribution in [0.25, 0.3) is 0 Å². The number of para-hydroxylation sites is 1. The zero-order valence-electron chi connectivity index (χ0n) is 13.6. The fourth-order valence-electron chi connectivity index (χ4n) is 2.23. The van der Waals surface area contributed by atoms with Gasteiger partial charge in [0.25, 0.3) is 5.91 Å². The summed E-state index contributed by atoms with van der Waals surface area (Å²) in [7, 11) is 0. The molecule has 0 unspecified atom stereocenters. The Kier molecular flexibility index (Phi) is 4.83. The van der Waals surface area contributed by atoms with Crippen LogP contribution in [0.1, 0.15) is 16.3 Å². The van der Waals surface area contributed by atoms with Gasteiger partial charge in [-0.1, -0.05) is 12.1 Å². The standard InChI is InChI=1S/C18H13F3N4O/c1-10-22-16(18(26)25-14-5-3-2-4-12(14)20)9-17(23-10)24-15-7-6-11(19)8-13(15)21/h2-9H,1H3,(H,25,26)(H,22,23,24). The lowest BCUT2D eigenvalue weighted by molar-refractivity contribution is 0.102. The van der Waals surface area contributed by atoms with Crippen LogP contribution in [-0.2, 0) is 0 Å². The number of aromatic nitrogens is 2. The number of halogens is 3. The largest absolute Gasteiger partial charge is 0.338 e. The number of amides is 1. The molecule has 5 nitrogen and oxygen atoms in total. The van der Waals surface area contributed by atoms with Crippen LogP contribution in [0.5, 0.6) is 0 Å². The summed E-state index contributed by atoms with van der Waals surface area (Å²) in [6.07, 6.45) is 0. The second kappa shape index (κ2) is 7.22. The van der Waals surface area contributed by atoms with E-state index in [9.17, 15) is 18.0 Å². The number of hydrogen-bond acceptors (Lipinski definition) is 4. The number of rotatable bonds is 4. The first-order chi connectivity index (χ1) is 12.4. The molecule has 26 heavy (non-hydrogen) atoms. The highest BCUT2D eigenvalue weighted by Crippen LogP contribution is 2.20. The Hall–Kier alpha value is -3.42. The summed E-state index contributed by atoms with van der Waals surface area (Å²) in [5, 5.41) is 5.07. The van der Waals surface area contributed by atoms with E-state index in [2.05, 4.69) is 20.6 Å². The van der Waals surface area contributed by atoms with Gasteiger partial charge < -0.3 is 10.6 Å². The molecule has 0 aliphatic carbocycles. The van der Waals surface area contributed by atoms with Crippen molar-refractivity contribution in [3.05, 3.63) is 77.5 Å². The van der Waals surface area contributed by atoms with Gasteiger partial charge in [0.05, 0.1) is 11.4 Å². The molecule has 0 atom stereocenters. The Bertz CT molecular complexity index is 978. The lowest BCUT2D eigenvalue weighted by Crippen LogP contribution is -2.16. The van der Waals surface area contributed by atoms with E-state index >= 15 is 0 Å². The molecular formula is C18H13F3N4O. The zero-order valence-corrected chi connectivity index (χ0v) is 13.6. The molecular weight excluding hydrogens is 345 g/mol. The first-order valence-electron chi connectivity index (χ1n) is 7.56. The minimum atomic E-state index is -0.807. The van der Waals surface area contributed by atoms with E-state index in [-0.39, 0.29) is 28.7 Å². The van der Waals surface area contributed by atoms with Crippen LogP contribution in [0.2, 0.25) is 0 Å². The molecule has 3 rings (SSSR count). The van der Waals surface area contributed by atoms with Crippen LogP contribution in [0.3, 0.4) is 0 Å². The van der Waals surface area contributed by atoms with E-state index in [1.54, 1.807) is 13.0 Å². The van der Waals surface area contributed by atoms with Crippen molar-refractivity contribution in [2.24, 2.45) is 0 Å². The van der Waals surface area contributed by atoms with Crippen LogP contribution >= 0.6 is 0 Å². The molecule has 0 aliphatic heterocycles. The molecule has 0 spiro atoms. The van der Waals surface area contributed by atoms with Crippen molar-refractivity contribution in [2.75, 3.05) is 10.6 Å². The molecule has 0 saturated heterocycles. The van der Waals surface area contributed by atoms with Crippen LogP contribution in [-0.4, -0.2) is 15.9 Å². The minimum absolute atomic E-state index is 0.00727. The number of hydrogen-bond donors (Lipinski definition) is 2. The predicted molar refractivity (Wildman–Crippen MR) is 90.8 cm³/mol. The summed E-state index contributed by atoms with van der Waals surface area (Å²) < 4.78 is 40.4. The maximum absolute atomic E-state index is 13.8. The second-order valence-electron chi connectivity index (χ2n) is 5.37. The number of aryl methyl sites for hydroxylation is 1. The summed E-state index contributed by atoms with van der Waals surface area (Å²) >= 11 is 0. The van der Waals surface area contributed by atoms with E-state index in [4.69, 9.17) is 0 Å². The number of carbonyl (C=O) groups excluding carboxylic acids is 1. The van der Waals surface area contributed by atoms with Gasteiger partial charge in [0, 0.05) is 12.1 Å². The molecule has 0 aliphatic rings. The highest BCUT2D eigenvalue weighted by atomic mass is 19.1. The summed E-state index contributed by atoms with van der Waals surface area (Å²) in [4.78, 5) is 20.4. The van der Waals surface area contributed by atoms with Gasteiger partial charge in [0.1, 0.15) is 34.8 Å². The molecule has 8 heteroatoms. The molecule has 2 aromatic carbocycles. The number of nitrogens with one attached hydrogen (secondary N) is 2. The summed E-state index contributed by atoms with van der Waals surface area (Å²) in [6, 6.07) is 10.0. The first-order valence-corrected chi connectivity index (χ1v) is 7.56. The van der Waals surface area contributed by atoms with Crippen LogP contribution in [0.15, 0.2) is 48.5 Å². The average Bonchev–Trinajstić information content (AvgIpc) is 2.59. The third-order valence-electron chi connectivity index (χ3n) is 3.39. The highest BCUT2D eigenvalue weighted by Gasteiger charge is 2.14. The zero-order chi connectivity index (χ0) is 18.7. The molecule has 1 heterocycles. The van der Waals surface area contributed by atoms with Gasteiger partial charge in [-0.05, 0) is 31.2 Å². The lowest BCUT2D eigenvalue weighted by atomic mass is 10.2. The van der Waals surface area contributed by atoms with Gasteiger partial charge in [-0.15, -0.1) is 0 Å². The van der Waals surface area contributed by atoms with E-state index in [0.29, 0.717) is 0 Å². The Morgan fingerprint density at radius 2 is 1.69 bits per heavy atom. The molecule has 0 radical (unpaired) electrons. The molecule has 0 saturated carbocycles. The average molecular weight is 358 g/mol. The van der Waals surface area contributed by atoms with Gasteiger partial charge in [-0.3, -0.25) is 4.79 Å². The molecule has 1 aromatic heterocycles. The Morgan fingerprint density at radius 3 is 2.42 bits per heavy atom. The third kappa shape index (κ3) is 3.97. The Morgan fingerprint density at radius 1 is 0.923 bits per heavy atom. The summed E-state index contributed by atoms with van der Waals surface area (Å²) in [5.74, 6) is -2.37. The molecule has 1 amide bonds. The normalized spacial score (nSPS) is 10.5.